The van der Waals surface area contributed by atoms with Crippen molar-refractivity contribution in [1.29, 1.82) is 0 Å². The van der Waals surface area contributed by atoms with Crippen molar-refractivity contribution >= 4 is 23.2 Å². The molecule has 158 valence electrons. The molecule has 0 bridgehead atoms. The number of nitrogens with one attached hydrogen (secondary N) is 1. The van der Waals surface area contributed by atoms with Crippen LogP contribution in [0.3, 0.4) is 0 Å². The Morgan fingerprint density at radius 2 is 1.86 bits per heavy atom. The number of carbonyl (C=O) groups excluding carboxylic acids is 2. The van der Waals surface area contributed by atoms with Gasteiger partial charge in [-0.1, -0.05) is 0 Å². The Morgan fingerprint density at radius 3 is 2.66 bits per heavy atom. The molecule has 7 heteroatoms. The molecule has 3 heterocycles. The predicted molar refractivity (Wildman–Crippen MR) is 116 cm³/mol. The highest BCUT2D eigenvalue weighted by Crippen LogP contribution is 2.39. The number of fused-ring (bicyclic) bond motifs is 3. The quantitative estimate of drug-likeness (QED) is 0.759. The normalized spacial score (nSPS) is 23.0. The highest BCUT2D eigenvalue weighted by atomic mass is 16.2. The Bertz CT molecular complexity index is 760. The summed E-state index contributed by atoms with van der Waals surface area (Å²) >= 11 is 0. The summed E-state index contributed by atoms with van der Waals surface area (Å²) in [5, 5.41) is 3.04. The number of hydrogen-bond donors (Lipinski definition) is 1. The van der Waals surface area contributed by atoms with Crippen LogP contribution >= 0.6 is 0 Å². The SMILES string of the molecule is CN1CCN(CCCNC(=O)c2ccc3c(c2)N(C)C(=O)[C@H]2CCCCN32)CC1. The van der Waals surface area contributed by atoms with Crippen LogP contribution < -0.4 is 15.1 Å². The molecule has 29 heavy (non-hydrogen) atoms. The lowest BCUT2D eigenvalue weighted by molar-refractivity contribution is -0.120. The maximum atomic E-state index is 12.8. The number of rotatable bonds is 5. The fourth-order valence-electron chi connectivity index (χ4n) is 4.67. The van der Waals surface area contributed by atoms with Crippen LogP contribution in [0.15, 0.2) is 18.2 Å². The molecule has 0 radical (unpaired) electrons. The summed E-state index contributed by atoms with van der Waals surface area (Å²) in [5.74, 6) is 0.0785. The highest BCUT2D eigenvalue weighted by Gasteiger charge is 2.37. The van der Waals surface area contributed by atoms with Crippen LogP contribution in [0.2, 0.25) is 0 Å². The van der Waals surface area contributed by atoms with Gasteiger partial charge in [0.2, 0.25) is 5.91 Å². The zero-order valence-electron chi connectivity index (χ0n) is 17.7. The summed E-state index contributed by atoms with van der Waals surface area (Å²) in [5.41, 5.74) is 2.54. The first-order valence-electron chi connectivity index (χ1n) is 10.9. The molecular weight excluding hydrogens is 366 g/mol. The standard InChI is InChI=1S/C22H33N5O2/c1-24-12-14-26(15-13-24)10-5-9-23-21(28)17-7-8-18-20(16-17)25(2)22(29)19-6-3-4-11-27(18)19/h7-8,16,19H,3-6,9-15H2,1-2H3,(H,23,28)/t19-/m1/s1. The number of hydrogen-bond acceptors (Lipinski definition) is 5. The fourth-order valence-corrected chi connectivity index (χ4v) is 4.67. The van der Waals surface area contributed by atoms with E-state index in [1.165, 1.54) is 0 Å². The molecule has 0 aromatic heterocycles. The van der Waals surface area contributed by atoms with Gasteiger partial charge in [-0.25, -0.2) is 0 Å². The van der Waals surface area contributed by atoms with E-state index in [1.807, 2.05) is 25.2 Å². The van der Waals surface area contributed by atoms with Gasteiger partial charge in [-0.2, -0.15) is 0 Å². The molecule has 0 aliphatic carbocycles. The first kappa shape index (κ1) is 20.2. The van der Waals surface area contributed by atoms with Gasteiger partial charge in [-0.05, 0) is 57.5 Å². The Kier molecular flexibility index (Phi) is 6.06. The topological polar surface area (TPSA) is 59.1 Å². The van der Waals surface area contributed by atoms with Gasteiger partial charge >= 0.3 is 0 Å². The third kappa shape index (κ3) is 4.26. The van der Waals surface area contributed by atoms with E-state index in [9.17, 15) is 9.59 Å². The molecule has 4 rings (SSSR count). The molecule has 3 aliphatic rings. The molecule has 2 amide bonds. The minimum absolute atomic E-state index is 0.0458. The summed E-state index contributed by atoms with van der Waals surface area (Å²) < 4.78 is 0. The van der Waals surface area contributed by atoms with Crippen molar-refractivity contribution < 1.29 is 9.59 Å². The van der Waals surface area contributed by atoms with E-state index in [0.717, 1.165) is 76.3 Å². The average molecular weight is 400 g/mol. The van der Waals surface area contributed by atoms with Crippen LogP contribution in [-0.2, 0) is 4.79 Å². The number of likely N-dealkylation sites (N-methyl/N-ethyl adjacent to an activating group) is 2. The summed E-state index contributed by atoms with van der Waals surface area (Å²) in [6.07, 6.45) is 4.08. The van der Waals surface area contributed by atoms with E-state index >= 15 is 0 Å². The summed E-state index contributed by atoms with van der Waals surface area (Å²) in [4.78, 5) is 34.2. The number of piperidine rings is 1. The zero-order valence-corrected chi connectivity index (χ0v) is 17.7. The lowest BCUT2D eigenvalue weighted by Crippen LogP contribution is -2.54. The van der Waals surface area contributed by atoms with Gasteiger partial charge in [0.05, 0.1) is 11.4 Å². The zero-order chi connectivity index (χ0) is 20.4. The van der Waals surface area contributed by atoms with E-state index in [1.54, 1.807) is 4.90 Å². The molecule has 2 fully saturated rings. The highest BCUT2D eigenvalue weighted by molar-refractivity contribution is 6.07. The van der Waals surface area contributed by atoms with Gasteiger partial charge < -0.3 is 24.9 Å². The first-order chi connectivity index (χ1) is 14.0. The summed E-state index contributed by atoms with van der Waals surface area (Å²) in [6.45, 7) is 7.05. The van der Waals surface area contributed by atoms with Crippen LogP contribution in [0.4, 0.5) is 11.4 Å². The maximum Gasteiger partial charge on any atom is 0.251 e. The molecule has 1 aromatic rings. The van der Waals surface area contributed by atoms with Crippen molar-refractivity contribution in [2.75, 3.05) is 69.7 Å². The number of anilines is 2. The molecule has 0 spiro atoms. The van der Waals surface area contributed by atoms with Crippen molar-refractivity contribution in [1.82, 2.24) is 15.1 Å². The second kappa shape index (κ2) is 8.71. The van der Waals surface area contributed by atoms with Crippen molar-refractivity contribution in [3.8, 4) is 0 Å². The Morgan fingerprint density at radius 1 is 1.07 bits per heavy atom. The smallest absolute Gasteiger partial charge is 0.251 e. The van der Waals surface area contributed by atoms with Crippen molar-refractivity contribution in [2.45, 2.75) is 31.7 Å². The van der Waals surface area contributed by atoms with Gasteiger partial charge in [0.15, 0.2) is 0 Å². The van der Waals surface area contributed by atoms with Crippen LogP contribution in [0.25, 0.3) is 0 Å². The van der Waals surface area contributed by atoms with Gasteiger partial charge in [-0.3, -0.25) is 9.59 Å². The van der Waals surface area contributed by atoms with Crippen LogP contribution in [-0.4, -0.2) is 87.6 Å². The number of amides is 2. The molecule has 1 N–H and O–H groups in total. The Hall–Kier alpha value is -2.12. The van der Waals surface area contributed by atoms with Crippen LogP contribution in [0, 0.1) is 0 Å². The molecule has 0 unspecified atom stereocenters. The van der Waals surface area contributed by atoms with Crippen LogP contribution in [0.5, 0.6) is 0 Å². The van der Waals surface area contributed by atoms with Crippen molar-refractivity contribution in [3.05, 3.63) is 23.8 Å². The Labute approximate surface area is 173 Å². The first-order valence-corrected chi connectivity index (χ1v) is 10.9. The number of benzene rings is 1. The number of nitrogens with zero attached hydrogens (tertiary/aromatic N) is 4. The largest absolute Gasteiger partial charge is 0.358 e. The Balaban J connectivity index is 1.34. The van der Waals surface area contributed by atoms with Crippen molar-refractivity contribution in [2.24, 2.45) is 0 Å². The second-order valence-electron chi connectivity index (χ2n) is 8.56. The minimum atomic E-state index is -0.0622. The summed E-state index contributed by atoms with van der Waals surface area (Å²) in [6, 6.07) is 5.73. The van der Waals surface area contributed by atoms with Crippen LogP contribution in [0.1, 0.15) is 36.0 Å². The monoisotopic (exact) mass is 399 g/mol. The second-order valence-corrected chi connectivity index (χ2v) is 8.56. The van der Waals surface area contributed by atoms with E-state index < -0.39 is 0 Å². The maximum absolute atomic E-state index is 12.8. The number of piperazine rings is 1. The van der Waals surface area contributed by atoms with Gasteiger partial charge in [-0.15, -0.1) is 0 Å². The molecule has 7 nitrogen and oxygen atoms in total. The molecule has 2 saturated heterocycles. The summed E-state index contributed by atoms with van der Waals surface area (Å²) in [7, 11) is 3.98. The fraction of sp³-hybridized carbons (Fsp3) is 0.636. The third-order valence-corrected chi connectivity index (χ3v) is 6.56. The lowest BCUT2D eigenvalue weighted by atomic mass is 9.96. The third-order valence-electron chi connectivity index (χ3n) is 6.56. The predicted octanol–water partition coefficient (Wildman–Crippen LogP) is 1.39. The van der Waals surface area contributed by atoms with E-state index in [2.05, 4.69) is 27.1 Å². The molecular formula is C22H33N5O2. The average Bonchev–Trinajstić information content (AvgIpc) is 2.75. The van der Waals surface area contributed by atoms with Gasteiger partial charge in [0, 0.05) is 51.9 Å². The molecule has 3 aliphatic heterocycles. The molecule has 1 aromatic carbocycles. The van der Waals surface area contributed by atoms with E-state index in [-0.39, 0.29) is 17.9 Å². The number of carbonyl (C=O) groups is 2. The van der Waals surface area contributed by atoms with E-state index in [4.69, 9.17) is 0 Å². The minimum Gasteiger partial charge on any atom is -0.358 e. The van der Waals surface area contributed by atoms with Gasteiger partial charge in [0.25, 0.3) is 5.91 Å². The van der Waals surface area contributed by atoms with Crippen molar-refractivity contribution in [3.63, 3.8) is 0 Å². The molecule has 1 atom stereocenters. The van der Waals surface area contributed by atoms with Gasteiger partial charge in [0.1, 0.15) is 6.04 Å². The molecule has 0 saturated carbocycles. The lowest BCUT2D eigenvalue weighted by Gasteiger charge is -2.44. The van der Waals surface area contributed by atoms with E-state index in [0.29, 0.717) is 12.1 Å².